The highest BCUT2D eigenvalue weighted by molar-refractivity contribution is 7.91. The first kappa shape index (κ1) is 37.4. The van der Waals surface area contributed by atoms with Gasteiger partial charge in [-0.2, -0.15) is 0 Å². The van der Waals surface area contributed by atoms with Crippen LogP contribution in [0.5, 0.6) is 0 Å². The Balaban J connectivity index is 1.15. The van der Waals surface area contributed by atoms with E-state index in [0.29, 0.717) is 32.4 Å². The molecule has 4 fully saturated rings. The zero-order valence-corrected chi connectivity index (χ0v) is 32.0. The number of ether oxygens (including phenoxy) is 2. The van der Waals surface area contributed by atoms with Crippen molar-refractivity contribution in [2.45, 2.75) is 140 Å². The van der Waals surface area contributed by atoms with E-state index in [1.165, 1.54) is 10.5 Å². The number of sulfonamides is 1. The second-order valence-electron chi connectivity index (χ2n) is 17.3. The van der Waals surface area contributed by atoms with Crippen LogP contribution in [0.3, 0.4) is 0 Å². The molecule has 3 aliphatic carbocycles. The number of cyclic esters (lactones) is 1. The van der Waals surface area contributed by atoms with Crippen LogP contribution in [0.2, 0.25) is 0 Å². The SMILES string of the molecule is CC[C@@H]1C[C@]1(NC(=O)[C@@H]1C[C@@H]2CN1C(=O)[C@H](C(C)(C)C)NC(=O)OCC1(CCCCc3cccc4c3CN(C4)C(=O)O2)CC1)C(=O)NS(=O)(=O)C1CC1. The second kappa shape index (κ2) is 13.8. The number of nitrogens with zero attached hydrogens (tertiary/aromatic N) is 2. The quantitative estimate of drug-likeness (QED) is 0.391. The predicted molar refractivity (Wildman–Crippen MR) is 192 cm³/mol. The van der Waals surface area contributed by atoms with Crippen LogP contribution < -0.4 is 15.4 Å². The van der Waals surface area contributed by atoms with Crippen LogP contribution in [-0.2, 0) is 53.4 Å². The smallest absolute Gasteiger partial charge is 0.410 e. The molecule has 1 saturated heterocycles. The van der Waals surface area contributed by atoms with Gasteiger partial charge in [-0.05, 0) is 79.4 Å². The van der Waals surface area contributed by atoms with Crippen LogP contribution in [0.25, 0.3) is 0 Å². The molecule has 0 radical (unpaired) electrons. The summed E-state index contributed by atoms with van der Waals surface area (Å²) in [5.41, 5.74) is 1.06. The fourth-order valence-electron chi connectivity index (χ4n) is 8.39. The van der Waals surface area contributed by atoms with E-state index >= 15 is 0 Å². The molecular weight excluding hydrogens is 703 g/mol. The molecule has 3 saturated carbocycles. The summed E-state index contributed by atoms with van der Waals surface area (Å²) < 4.78 is 39.4. The fraction of sp³-hybridized carbons (Fsp3) is 0.711. The summed E-state index contributed by atoms with van der Waals surface area (Å²) >= 11 is 0. The molecule has 14 nitrogen and oxygen atoms in total. The molecule has 3 aliphatic heterocycles. The van der Waals surface area contributed by atoms with Gasteiger partial charge in [0.2, 0.25) is 21.8 Å². The molecule has 5 atom stereocenters. The van der Waals surface area contributed by atoms with Crippen molar-refractivity contribution >= 4 is 39.9 Å². The number of nitrogens with one attached hydrogen (secondary N) is 3. The van der Waals surface area contributed by atoms with E-state index in [2.05, 4.69) is 21.4 Å². The number of carbonyl (C=O) groups is 5. The summed E-state index contributed by atoms with van der Waals surface area (Å²) in [5, 5.41) is 4.99. The second-order valence-corrected chi connectivity index (χ2v) is 19.3. The van der Waals surface area contributed by atoms with E-state index in [1.54, 1.807) is 25.7 Å². The molecule has 53 heavy (non-hydrogen) atoms. The highest BCUT2D eigenvalue weighted by atomic mass is 32.2. The number of hydrogen-bond donors (Lipinski definition) is 3. The highest BCUT2D eigenvalue weighted by Crippen LogP contribution is 2.50. The number of aryl methyl sites for hydroxylation is 1. The van der Waals surface area contributed by atoms with Crippen LogP contribution in [0, 0.1) is 16.7 Å². The number of rotatable bonds is 6. The molecular formula is C38H53N5O9S. The third kappa shape index (κ3) is 7.72. The average Bonchev–Trinajstić information content (AvgIpc) is 4.05. The highest BCUT2D eigenvalue weighted by Gasteiger charge is 2.62. The van der Waals surface area contributed by atoms with Crippen molar-refractivity contribution < 1.29 is 41.9 Å². The Morgan fingerprint density at radius 3 is 2.43 bits per heavy atom. The molecule has 1 spiro atoms. The minimum atomic E-state index is -3.87. The molecule has 1 aromatic rings. The molecule has 4 bridgehead atoms. The first-order valence-corrected chi connectivity index (χ1v) is 20.8. The van der Waals surface area contributed by atoms with Gasteiger partial charge in [0.1, 0.15) is 23.7 Å². The lowest BCUT2D eigenvalue weighted by Gasteiger charge is -2.35. The standard InChI is InChI=1S/C38H53N5O9S/c1-5-25-18-38(25,33(46)41-53(49,50)27-12-13-27)40-31(44)29-17-26-20-43(29)32(45)30(36(2,3)4)39-34(47)51-22-37(15-16-37)14-7-6-9-23-10-8-11-24-19-42(21-28(23)24)35(48)52-26/h8,10-11,25-27,29-30H,5-7,9,12-22H2,1-4H3,(H,39,47)(H,40,44)(H,41,46)/t25-,26-,29+,30-,38-/m1/s1. The van der Waals surface area contributed by atoms with E-state index in [-0.39, 0.29) is 37.3 Å². The van der Waals surface area contributed by atoms with Crippen LogP contribution in [0.4, 0.5) is 9.59 Å². The van der Waals surface area contributed by atoms with Gasteiger partial charge >= 0.3 is 12.2 Å². The van der Waals surface area contributed by atoms with Crippen LogP contribution in [-0.4, -0.2) is 90.3 Å². The molecule has 0 unspecified atom stereocenters. The lowest BCUT2D eigenvalue weighted by molar-refractivity contribution is -0.143. The van der Waals surface area contributed by atoms with Gasteiger partial charge in [0, 0.05) is 24.9 Å². The molecule has 5 amide bonds. The summed E-state index contributed by atoms with van der Waals surface area (Å²) in [6.07, 6.45) is 5.20. The van der Waals surface area contributed by atoms with Crippen LogP contribution >= 0.6 is 0 Å². The summed E-state index contributed by atoms with van der Waals surface area (Å²) in [4.78, 5) is 72.2. The van der Waals surface area contributed by atoms with E-state index in [9.17, 15) is 32.4 Å². The molecule has 3 heterocycles. The molecule has 1 aromatic carbocycles. The Morgan fingerprint density at radius 1 is 1.04 bits per heavy atom. The number of amides is 5. The maximum absolute atomic E-state index is 14.5. The topological polar surface area (TPSA) is 181 Å². The Morgan fingerprint density at radius 2 is 1.77 bits per heavy atom. The van der Waals surface area contributed by atoms with Gasteiger partial charge in [-0.25, -0.2) is 18.0 Å². The first-order chi connectivity index (χ1) is 25.0. The molecule has 7 rings (SSSR count). The maximum Gasteiger partial charge on any atom is 0.410 e. The van der Waals surface area contributed by atoms with Gasteiger partial charge < -0.3 is 25.0 Å². The summed E-state index contributed by atoms with van der Waals surface area (Å²) in [5.74, 6) is -2.30. The van der Waals surface area contributed by atoms with E-state index < -0.39 is 74.3 Å². The molecule has 6 aliphatic rings. The number of carbonyl (C=O) groups excluding carboxylic acids is 5. The van der Waals surface area contributed by atoms with Crippen molar-refractivity contribution in [1.29, 1.82) is 0 Å². The monoisotopic (exact) mass is 755 g/mol. The van der Waals surface area contributed by atoms with E-state index in [1.807, 2.05) is 19.1 Å². The minimum absolute atomic E-state index is 0.0476. The minimum Gasteiger partial charge on any atom is -0.449 e. The summed E-state index contributed by atoms with van der Waals surface area (Å²) in [6, 6.07) is 3.87. The molecule has 0 aromatic heterocycles. The largest absolute Gasteiger partial charge is 0.449 e. The number of benzene rings is 1. The zero-order chi connectivity index (χ0) is 37.9. The van der Waals surface area contributed by atoms with Gasteiger partial charge in [0.15, 0.2) is 0 Å². The Hall–Kier alpha value is -3.88. The first-order valence-electron chi connectivity index (χ1n) is 19.2. The average molecular weight is 756 g/mol. The normalized spacial score (nSPS) is 30.2. The lowest BCUT2D eigenvalue weighted by atomic mass is 9.85. The Kier molecular flexibility index (Phi) is 9.72. The van der Waals surface area contributed by atoms with Gasteiger partial charge in [-0.3, -0.25) is 24.0 Å². The zero-order valence-electron chi connectivity index (χ0n) is 31.2. The van der Waals surface area contributed by atoms with Crippen LogP contribution in [0.1, 0.15) is 109 Å². The van der Waals surface area contributed by atoms with E-state index in [4.69, 9.17) is 9.47 Å². The van der Waals surface area contributed by atoms with Gasteiger partial charge in [0.05, 0.1) is 18.4 Å². The molecule has 290 valence electrons. The van der Waals surface area contributed by atoms with E-state index in [0.717, 1.165) is 49.7 Å². The van der Waals surface area contributed by atoms with Crippen molar-refractivity contribution in [3.63, 3.8) is 0 Å². The van der Waals surface area contributed by atoms with Crippen molar-refractivity contribution in [2.75, 3.05) is 13.2 Å². The van der Waals surface area contributed by atoms with Crippen molar-refractivity contribution in [3.05, 3.63) is 34.9 Å². The van der Waals surface area contributed by atoms with Crippen molar-refractivity contribution in [1.82, 2.24) is 25.2 Å². The Labute approximate surface area is 311 Å². The van der Waals surface area contributed by atoms with Gasteiger partial charge in [-0.15, -0.1) is 0 Å². The number of fused-ring (bicyclic) bond motifs is 3. The summed E-state index contributed by atoms with van der Waals surface area (Å²) in [6.45, 7) is 8.19. The predicted octanol–water partition coefficient (Wildman–Crippen LogP) is 3.65. The third-order valence-electron chi connectivity index (χ3n) is 12.2. The van der Waals surface area contributed by atoms with Crippen molar-refractivity contribution in [3.8, 4) is 0 Å². The van der Waals surface area contributed by atoms with Gasteiger partial charge in [0.25, 0.3) is 5.91 Å². The number of hydrogen-bond acceptors (Lipinski definition) is 9. The van der Waals surface area contributed by atoms with Crippen molar-refractivity contribution in [2.24, 2.45) is 16.7 Å². The summed E-state index contributed by atoms with van der Waals surface area (Å²) in [7, 11) is -3.87. The van der Waals surface area contributed by atoms with Gasteiger partial charge in [-0.1, -0.05) is 58.7 Å². The molecule has 15 heteroatoms. The third-order valence-corrected chi connectivity index (χ3v) is 14.1. The molecule has 3 N–H and O–H groups in total. The fourth-order valence-corrected chi connectivity index (χ4v) is 9.76. The number of alkyl carbamates (subject to hydrolysis) is 1. The Bertz CT molecular complexity index is 1790. The maximum atomic E-state index is 14.5. The lowest BCUT2D eigenvalue weighted by Crippen LogP contribution is -2.60. The van der Waals surface area contributed by atoms with Crippen LogP contribution in [0.15, 0.2) is 18.2 Å².